The lowest BCUT2D eigenvalue weighted by Gasteiger charge is -2.21. The van der Waals surface area contributed by atoms with E-state index < -0.39 is 23.5 Å². The monoisotopic (exact) mass is 382 g/mol. The van der Waals surface area contributed by atoms with Crippen LogP contribution in [0.4, 0.5) is 23.2 Å². The second-order valence-corrected chi connectivity index (χ2v) is 5.91. The van der Waals surface area contributed by atoms with Crippen molar-refractivity contribution in [2.75, 3.05) is 11.9 Å². The number of hydrogen-bond acceptors (Lipinski definition) is 2. The summed E-state index contributed by atoms with van der Waals surface area (Å²) in [6, 6.07) is 10.1. The van der Waals surface area contributed by atoms with Crippen LogP contribution in [-0.4, -0.2) is 23.3 Å². The van der Waals surface area contributed by atoms with Crippen LogP contribution in [0.3, 0.4) is 0 Å². The number of carbonyl (C=O) groups excluding carboxylic acids is 2. The molecule has 144 valence electrons. The summed E-state index contributed by atoms with van der Waals surface area (Å²) >= 11 is 0. The second kappa shape index (κ2) is 8.66. The van der Waals surface area contributed by atoms with Gasteiger partial charge in [0.2, 0.25) is 11.8 Å². The molecule has 0 saturated carbocycles. The first kappa shape index (κ1) is 20.4. The largest absolute Gasteiger partial charge is 0.416 e. The van der Waals surface area contributed by atoms with Gasteiger partial charge in [-0.2, -0.15) is 13.2 Å². The SMILES string of the molecule is CC(=O)N(CCC(=O)Nc1ccc(C(F)(F)F)cc1)Cc1ccccc1F. The summed E-state index contributed by atoms with van der Waals surface area (Å²) < 4.78 is 51.3. The average Bonchev–Trinajstić information content (AvgIpc) is 2.59. The smallest absolute Gasteiger partial charge is 0.338 e. The molecule has 0 fully saturated rings. The maximum absolute atomic E-state index is 13.7. The molecular weight excluding hydrogens is 364 g/mol. The highest BCUT2D eigenvalue weighted by Crippen LogP contribution is 2.29. The quantitative estimate of drug-likeness (QED) is 0.761. The highest BCUT2D eigenvalue weighted by molar-refractivity contribution is 5.91. The molecule has 2 amide bonds. The van der Waals surface area contributed by atoms with E-state index in [0.29, 0.717) is 5.56 Å². The fourth-order valence-corrected chi connectivity index (χ4v) is 2.38. The fraction of sp³-hybridized carbons (Fsp3) is 0.263. The number of benzene rings is 2. The van der Waals surface area contributed by atoms with Crippen molar-refractivity contribution in [1.82, 2.24) is 4.90 Å². The summed E-state index contributed by atoms with van der Waals surface area (Å²) in [5.41, 5.74) is -0.263. The molecule has 0 saturated heterocycles. The number of hydrogen-bond donors (Lipinski definition) is 1. The number of anilines is 1. The zero-order valence-electron chi connectivity index (χ0n) is 14.5. The molecule has 0 bridgehead atoms. The van der Waals surface area contributed by atoms with Crippen molar-refractivity contribution in [3.63, 3.8) is 0 Å². The third-order valence-corrected chi connectivity index (χ3v) is 3.87. The predicted octanol–water partition coefficient (Wildman–Crippen LogP) is 4.22. The molecule has 8 heteroatoms. The third kappa shape index (κ3) is 6.09. The summed E-state index contributed by atoms with van der Waals surface area (Å²) in [6.07, 6.45) is -4.52. The van der Waals surface area contributed by atoms with E-state index in [0.717, 1.165) is 24.3 Å². The van der Waals surface area contributed by atoms with Crippen molar-refractivity contribution in [1.29, 1.82) is 0 Å². The van der Waals surface area contributed by atoms with Crippen LogP contribution in [0.2, 0.25) is 0 Å². The van der Waals surface area contributed by atoms with Crippen LogP contribution >= 0.6 is 0 Å². The second-order valence-electron chi connectivity index (χ2n) is 5.91. The summed E-state index contributed by atoms with van der Waals surface area (Å²) in [4.78, 5) is 25.0. The van der Waals surface area contributed by atoms with Crippen molar-refractivity contribution in [2.24, 2.45) is 0 Å². The van der Waals surface area contributed by atoms with Gasteiger partial charge in [-0.3, -0.25) is 9.59 Å². The molecule has 0 radical (unpaired) electrons. The lowest BCUT2D eigenvalue weighted by molar-refractivity contribution is -0.137. The molecule has 0 spiro atoms. The van der Waals surface area contributed by atoms with E-state index in [2.05, 4.69) is 5.32 Å². The number of amides is 2. The zero-order chi connectivity index (χ0) is 20.0. The van der Waals surface area contributed by atoms with Crippen LogP contribution in [0.1, 0.15) is 24.5 Å². The minimum Gasteiger partial charge on any atom is -0.338 e. The molecule has 2 aromatic rings. The molecule has 27 heavy (non-hydrogen) atoms. The van der Waals surface area contributed by atoms with E-state index in [1.807, 2.05) is 0 Å². The van der Waals surface area contributed by atoms with Crippen molar-refractivity contribution in [3.05, 3.63) is 65.5 Å². The van der Waals surface area contributed by atoms with E-state index in [1.54, 1.807) is 12.1 Å². The molecule has 2 rings (SSSR count). The molecule has 0 aliphatic rings. The topological polar surface area (TPSA) is 49.4 Å². The van der Waals surface area contributed by atoms with Gasteiger partial charge in [-0.1, -0.05) is 18.2 Å². The minimum atomic E-state index is -4.45. The highest BCUT2D eigenvalue weighted by atomic mass is 19.4. The molecule has 0 atom stereocenters. The van der Waals surface area contributed by atoms with Gasteiger partial charge in [-0.05, 0) is 30.3 Å². The van der Waals surface area contributed by atoms with Crippen LogP contribution < -0.4 is 5.32 Å². The lowest BCUT2D eigenvalue weighted by Crippen LogP contribution is -2.31. The normalized spacial score (nSPS) is 11.1. The molecule has 0 unspecified atom stereocenters. The summed E-state index contributed by atoms with van der Waals surface area (Å²) in [6.45, 7) is 1.39. The Labute approximate surface area is 153 Å². The third-order valence-electron chi connectivity index (χ3n) is 3.87. The van der Waals surface area contributed by atoms with E-state index in [1.165, 1.54) is 24.0 Å². The van der Waals surface area contributed by atoms with E-state index in [-0.39, 0.29) is 31.1 Å². The Balaban J connectivity index is 1.92. The van der Waals surface area contributed by atoms with Crippen LogP contribution in [0, 0.1) is 5.82 Å². The van der Waals surface area contributed by atoms with Gasteiger partial charge in [0.25, 0.3) is 0 Å². The average molecular weight is 382 g/mol. The van der Waals surface area contributed by atoms with Crippen molar-refractivity contribution < 1.29 is 27.2 Å². The van der Waals surface area contributed by atoms with Gasteiger partial charge >= 0.3 is 6.18 Å². The first-order valence-corrected chi connectivity index (χ1v) is 8.13. The number of alkyl halides is 3. The van der Waals surface area contributed by atoms with Crippen molar-refractivity contribution in [2.45, 2.75) is 26.1 Å². The Morgan fingerprint density at radius 3 is 2.22 bits per heavy atom. The first-order chi connectivity index (χ1) is 12.7. The van der Waals surface area contributed by atoms with Gasteiger partial charge in [0.1, 0.15) is 5.82 Å². The summed E-state index contributed by atoms with van der Waals surface area (Å²) in [7, 11) is 0. The molecule has 2 aromatic carbocycles. The fourth-order valence-electron chi connectivity index (χ4n) is 2.38. The maximum atomic E-state index is 13.7. The standard InChI is InChI=1S/C19H18F4N2O2/c1-13(26)25(12-14-4-2-3-5-17(14)20)11-10-18(27)24-16-8-6-15(7-9-16)19(21,22)23/h2-9H,10-12H2,1H3,(H,24,27). The van der Waals surface area contributed by atoms with Gasteiger partial charge in [-0.25, -0.2) is 4.39 Å². The van der Waals surface area contributed by atoms with Gasteiger partial charge in [0.15, 0.2) is 0 Å². The zero-order valence-corrected chi connectivity index (χ0v) is 14.5. The van der Waals surface area contributed by atoms with Crippen LogP contribution in [0.25, 0.3) is 0 Å². The number of nitrogens with zero attached hydrogens (tertiary/aromatic N) is 1. The van der Waals surface area contributed by atoms with E-state index >= 15 is 0 Å². The summed E-state index contributed by atoms with van der Waals surface area (Å²) in [5, 5.41) is 2.47. The summed E-state index contributed by atoms with van der Waals surface area (Å²) in [5.74, 6) is -1.23. The van der Waals surface area contributed by atoms with Crippen molar-refractivity contribution >= 4 is 17.5 Å². The van der Waals surface area contributed by atoms with Crippen LogP contribution in [-0.2, 0) is 22.3 Å². The Bertz CT molecular complexity index is 804. The molecule has 4 nitrogen and oxygen atoms in total. The molecule has 0 aliphatic carbocycles. The van der Waals surface area contributed by atoms with Crippen molar-refractivity contribution in [3.8, 4) is 0 Å². The Morgan fingerprint density at radius 1 is 1.04 bits per heavy atom. The van der Waals surface area contributed by atoms with Gasteiger partial charge in [0, 0.05) is 37.7 Å². The Kier molecular flexibility index (Phi) is 6.55. The molecular formula is C19H18F4N2O2. The van der Waals surface area contributed by atoms with Crippen LogP contribution in [0.15, 0.2) is 48.5 Å². The minimum absolute atomic E-state index is 0.0234. The molecule has 0 heterocycles. The maximum Gasteiger partial charge on any atom is 0.416 e. The molecule has 1 N–H and O–H groups in total. The predicted molar refractivity (Wildman–Crippen MR) is 92.2 cm³/mol. The van der Waals surface area contributed by atoms with Gasteiger partial charge < -0.3 is 10.2 Å². The number of halogens is 4. The number of nitrogens with one attached hydrogen (secondary N) is 1. The Morgan fingerprint density at radius 2 is 1.67 bits per heavy atom. The molecule has 0 aliphatic heterocycles. The molecule has 0 aromatic heterocycles. The van der Waals surface area contributed by atoms with E-state index in [4.69, 9.17) is 0 Å². The number of carbonyl (C=O) groups is 2. The first-order valence-electron chi connectivity index (χ1n) is 8.13. The lowest BCUT2D eigenvalue weighted by atomic mass is 10.2. The van der Waals surface area contributed by atoms with Gasteiger partial charge in [0.05, 0.1) is 5.56 Å². The number of rotatable bonds is 6. The van der Waals surface area contributed by atoms with Crippen LogP contribution in [0.5, 0.6) is 0 Å². The Hall–Kier alpha value is -2.90. The highest BCUT2D eigenvalue weighted by Gasteiger charge is 2.30. The van der Waals surface area contributed by atoms with Gasteiger partial charge in [-0.15, -0.1) is 0 Å². The van der Waals surface area contributed by atoms with E-state index in [9.17, 15) is 27.2 Å².